The second-order valence-corrected chi connectivity index (χ2v) is 8.09. The number of carbonyl (C=O) groups is 1. The molecule has 1 unspecified atom stereocenters. The second kappa shape index (κ2) is 8.81. The molecule has 0 spiro atoms. The summed E-state index contributed by atoms with van der Waals surface area (Å²) in [6, 6.07) is 9.39. The maximum Gasteiger partial charge on any atom is 0.265 e. The Morgan fingerprint density at radius 2 is 1.85 bits per heavy atom. The number of amides is 1. The Morgan fingerprint density at radius 1 is 1.11 bits per heavy atom. The molecular formula is C18H19F2NO5S. The van der Waals surface area contributed by atoms with E-state index in [1.165, 1.54) is 19.1 Å². The third-order valence-electron chi connectivity index (χ3n) is 3.40. The van der Waals surface area contributed by atoms with Gasteiger partial charge in [0.2, 0.25) is 0 Å². The number of nitrogens with one attached hydrogen (secondary N) is 1. The van der Waals surface area contributed by atoms with Crippen molar-refractivity contribution in [1.82, 2.24) is 0 Å². The molecule has 0 radical (unpaired) electrons. The van der Waals surface area contributed by atoms with Crippen LogP contribution in [0.1, 0.15) is 6.92 Å². The molecule has 9 heteroatoms. The monoisotopic (exact) mass is 399 g/mol. The predicted molar refractivity (Wildman–Crippen MR) is 96.7 cm³/mol. The molecule has 0 heterocycles. The Bertz CT molecular complexity index is 918. The van der Waals surface area contributed by atoms with Gasteiger partial charge >= 0.3 is 0 Å². The number of ether oxygens (including phenoxy) is 2. The molecule has 0 aliphatic rings. The molecule has 2 aromatic rings. The van der Waals surface area contributed by atoms with E-state index in [2.05, 4.69) is 5.32 Å². The van der Waals surface area contributed by atoms with Crippen LogP contribution in [0.25, 0.3) is 0 Å². The fraction of sp³-hybridized carbons (Fsp3) is 0.278. The van der Waals surface area contributed by atoms with Gasteiger partial charge in [0.25, 0.3) is 5.91 Å². The zero-order valence-corrected chi connectivity index (χ0v) is 15.6. The van der Waals surface area contributed by atoms with E-state index in [0.29, 0.717) is 11.4 Å². The molecular weight excluding hydrogens is 380 g/mol. The number of benzene rings is 2. The summed E-state index contributed by atoms with van der Waals surface area (Å²) in [5.74, 6) is -2.29. The molecule has 2 rings (SSSR count). The highest BCUT2D eigenvalue weighted by Crippen LogP contribution is 2.19. The quantitative estimate of drug-likeness (QED) is 0.738. The summed E-state index contributed by atoms with van der Waals surface area (Å²) in [5, 5.41) is 2.60. The zero-order valence-electron chi connectivity index (χ0n) is 14.7. The van der Waals surface area contributed by atoms with Gasteiger partial charge in [-0.1, -0.05) is 6.07 Å². The van der Waals surface area contributed by atoms with Crippen LogP contribution in [0.5, 0.6) is 11.5 Å². The predicted octanol–water partition coefficient (Wildman–Crippen LogP) is 2.79. The molecule has 0 fully saturated rings. The molecule has 1 N–H and O–H groups in total. The first-order chi connectivity index (χ1) is 12.6. The molecule has 2 aromatic carbocycles. The van der Waals surface area contributed by atoms with E-state index < -0.39 is 33.5 Å². The molecule has 1 amide bonds. The van der Waals surface area contributed by atoms with Gasteiger partial charge < -0.3 is 14.8 Å². The maximum absolute atomic E-state index is 13.2. The molecule has 1 atom stereocenters. The lowest BCUT2D eigenvalue weighted by molar-refractivity contribution is -0.122. The molecule has 0 saturated carbocycles. The highest BCUT2D eigenvalue weighted by molar-refractivity contribution is 7.90. The van der Waals surface area contributed by atoms with Crippen LogP contribution in [-0.4, -0.2) is 39.0 Å². The van der Waals surface area contributed by atoms with E-state index in [0.717, 1.165) is 18.4 Å². The third kappa shape index (κ3) is 6.86. The van der Waals surface area contributed by atoms with Crippen molar-refractivity contribution in [2.75, 3.05) is 23.9 Å². The van der Waals surface area contributed by atoms with Crippen molar-refractivity contribution in [3.8, 4) is 11.5 Å². The number of carbonyl (C=O) groups excluding carboxylic acids is 1. The number of sulfone groups is 1. The number of rotatable bonds is 8. The standard InChI is InChI=1S/C18H19F2NO5S/c1-12(26-15-6-7-16(19)17(20)11-15)18(22)21-13-4-3-5-14(10-13)25-8-9-27(2,23)24/h3-7,10-12H,8-9H2,1-2H3,(H,21,22). The van der Waals surface area contributed by atoms with E-state index in [9.17, 15) is 22.0 Å². The van der Waals surface area contributed by atoms with Crippen LogP contribution in [0.3, 0.4) is 0 Å². The highest BCUT2D eigenvalue weighted by Gasteiger charge is 2.16. The van der Waals surface area contributed by atoms with Crippen molar-refractivity contribution < 1.29 is 31.5 Å². The van der Waals surface area contributed by atoms with E-state index in [-0.39, 0.29) is 18.1 Å². The van der Waals surface area contributed by atoms with Gasteiger partial charge in [-0.05, 0) is 31.2 Å². The van der Waals surface area contributed by atoms with E-state index in [1.807, 2.05) is 0 Å². The smallest absolute Gasteiger partial charge is 0.265 e. The van der Waals surface area contributed by atoms with Crippen molar-refractivity contribution in [3.05, 3.63) is 54.1 Å². The average molecular weight is 399 g/mol. The first kappa shape index (κ1) is 20.6. The summed E-state index contributed by atoms with van der Waals surface area (Å²) < 4.78 is 59.0. The van der Waals surface area contributed by atoms with Crippen molar-refractivity contribution in [2.24, 2.45) is 0 Å². The first-order valence-corrected chi connectivity index (χ1v) is 10.0. The number of hydrogen-bond acceptors (Lipinski definition) is 5. The van der Waals surface area contributed by atoms with Crippen LogP contribution < -0.4 is 14.8 Å². The Kier molecular flexibility index (Phi) is 6.73. The Hall–Kier alpha value is -2.68. The Labute approximate surface area is 156 Å². The summed E-state index contributed by atoms with van der Waals surface area (Å²) in [6.45, 7) is 1.45. The number of halogens is 2. The van der Waals surface area contributed by atoms with Crippen molar-refractivity contribution in [2.45, 2.75) is 13.0 Å². The van der Waals surface area contributed by atoms with Gasteiger partial charge in [0, 0.05) is 24.1 Å². The zero-order chi connectivity index (χ0) is 20.0. The van der Waals surface area contributed by atoms with Crippen LogP contribution in [0, 0.1) is 11.6 Å². The summed E-state index contributed by atoms with van der Waals surface area (Å²) in [7, 11) is -3.13. The van der Waals surface area contributed by atoms with E-state index in [4.69, 9.17) is 9.47 Å². The molecule has 0 aliphatic heterocycles. The minimum atomic E-state index is -3.13. The average Bonchev–Trinajstić information content (AvgIpc) is 2.57. The molecule has 0 aliphatic carbocycles. The maximum atomic E-state index is 13.2. The van der Waals surface area contributed by atoms with Crippen molar-refractivity contribution >= 4 is 21.4 Å². The minimum absolute atomic E-state index is 0.00806. The number of hydrogen-bond donors (Lipinski definition) is 1. The SMILES string of the molecule is CC(Oc1ccc(F)c(F)c1)C(=O)Nc1cccc(OCCS(C)(=O)=O)c1. The molecule has 146 valence electrons. The van der Waals surface area contributed by atoms with Crippen molar-refractivity contribution in [3.63, 3.8) is 0 Å². The lowest BCUT2D eigenvalue weighted by atomic mass is 10.2. The largest absolute Gasteiger partial charge is 0.492 e. The van der Waals surface area contributed by atoms with Gasteiger partial charge in [-0.3, -0.25) is 4.79 Å². The molecule has 0 saturated heterocycles. The van der Waals surface area contributed by atoms with Crippen LogP contribution in [-0.2, 0) is 14.6 Å². The van der Waals surface area contributed by atoms with Crippen LogP contribution in [0.2, 0.25) is 0 Å². The van der Waals surface area contributed by atoms with Gasteiger partial charge in [-0.15, -0.1) is 0 Å². The lowest BCUT2D eigenvalue weighted by Gasteiger charge is -2.15. The minimum Gasteiger partial charge on any atom is -0.492 e. The fourth-order valence-electron chi connectivity index (χ4n) is 2.03. The van der Waals surface area contributed by atoms with Gasteiger partial charge in [0.1, 0.15) is 18.1 Å². The van der Waals surface area contributed by atoms with Gasteiger partial charge in [-0.2, -0.15) is 0 Å². The van der Waals surface area contributed by atoms with Crippen LogP contribution in [0.4, 0.5) is 14.5 Å². The normalized spacial score (nSPS) is 12.3. The molecule has 27 heavy (non-hydrogen) atoms. The topological polar surface area (TPSA) is 81.7 Å². The summed E-state index contributed by atoms with van der Waals surface area (Å²) in [4.78, 5) is 12.2. The molecule has 0 bridgehead atoms. The van der Waals surface area contributed by atoms with E-state index in [1.54, 1.807) is 18.2 Å². The highest BCUT2D eigenvalue weighted by atomic mass is 32.2. The fourth-order valence-corrected chi connectivity index (χ4v) is 2.41. The Morgan fingerprint density at radius 3 is 2.52 bits per heavy atom. The Balaban J connectivity index is 1.94. The van der Waals surface area contributed by atoms with Crippen LogP contribution >= 0.6 is 0 Å². The van der Waals surface area contributed by atoms with Gasteiger partial charge in [-0.25, -0.2) is 17.2 Å². The van der Waals surface area contributed by atoms with Gasteiger partial charge in [0.15, 0.2) is 27.6 Å². The van der Waals surface area contributed by atoms with Gasteiger partial charge in [0.05, 0.1) is 5.75 Å². The third-order valence-corrected chi connectivity index (χ3v) is 4.31. The van der Waals surface area contributed by atoms with E-state index >= 15 is 0 Å². The molecule has 0 aromatic heterocycles. The number of anilines is 1. The lowest BCUT2D eigenvalue weighted by Crippen LogP contribution is -2.30. The van der Waals surface area contributed by atoms with Crippen LogP contribution in [0.15, 0.2) is 42.5 Å². The summed E-state index contributed by atoms with van der Waals surface area (Å²) in [5.41, 5.74) is 0.414. The summed E-state index contributed by atoms with van der Waals surface area (Å²) >= 11 is 0. The molecule has 6 nitrogen and oxygen atoms in total. The first-order valence-electron chi connectivity index (χ1n) is 7.97. The summed E-state index contributed by atoms with van der Waals surface area (Å²) in [6.07, 6.45) is 0.145. The second-order valence-electron chi connectivity index (χ2n) is 5.83. The van der Waals surface area contributed by atoms with Crippen molar-refractivity contribution in [1.29, 1.82) is 0 Å².